The van der Waals surface area contributed by atoms with Gasteiger partial charge in [0.2, 0.25) is 5.91 Å². The van der Waals surface area contributed by atoms with Crippen LogP contribution in [0.1, 0.15) is 22.3 Å². The van der Waals surface area contributed by atoms with Gasteiger partial charge in [-0.2, -0.15) is 0 Å². The Labute approximate surface area is 175 Å². The molecule has 0 saturated heterocycles. The lowest BCUT2D eigenvalue weighted by atomic mass is 10.0. The van der Waals surface area contributed by atoms with E-state index < -0.39 is 15.8 Å². The Hall–Kier alpha value is -3.45. The quantitative estimate of drug-likeness (QED) is 0.598. The van der Waals surface area contributed by atoms with Gasteiger partial charge in [0.25, 0.3) is 0 Å². The van der Waals surface area contributed by atoms with Crippen molar-refractivity contribution in [2.24, 2.45) is 0 Å². The molecule has 3 aromatic carbocycles. The van der Waals surface area contributed by atoms with Gasteiger partial charge in [-0.25, -0.2) is 13.2 Å². The number of carbonyl (C=O) groups excluding carboxylic acids is 1. The van der Waals surface area contributed by atoms with Crippen LogP contribution >= 0.6 is 0 Å². The summed E-state index contributed by atoms with van der Waals surface area (Å²) in [4.78, 5) is 23.7. The maximum Gasteiger partial charge on any atom is 0.337 e. The molecule has 6 nitrogen and oxygen atoms in total. The number of rotatable bonds is 7. The van der Waals surface area contributed by atoms with Crippen LogP contribution in [0.5, 0.6) is 0 Å². The maximum absolute atomic E-state index is 12.2. The Morgan fingerprint density at radius 3 is 2.27 bits per heavy atom. The van der Waals surface area contributed by atoms with Crippen molar-refractivity contribution in [1.82, 2.24) is 0 Å². The summed E-state index contributed by atoms with van der Waals surface area (Å²) in [6, 6.07) is 20.6. The Bertz CT molecular complexity index is 1180. The number of anilines is 1. The standard InChI is InChI=1S/C23H21NO5S/c1-30(28,29)19-6-4-5-18(15-19)17-12-9-16(10-13-17)11-14-22(25)24-21-8-3-2-7-20(21)23(26)27/h2-10,12-13,15H,11,14H2,1H3,(H,24,25)(H,26,27). The van der Waals surface area contributed by atoms with E-state index in [9.17, 15) is 23.1 Å². The topological polar surface area (TPSA) is 101 Å². The van der Waals surface area contributed by atoms with Crippen LogP contribution in [-0.4, -0.2) is 31.7 Å². The van der Waals surface area contributed by atoms with Gasteiger partial charge in [-0.1, -0.05) is 48.5 Å². The van der Waals surface area contributed by atoms with Crippen LogP contribution in [-0.2, 0) is 21.1 Å². The summed E-state index contributed by atoms with van der Waals surface area (Å²) in [6.45, 7) is 0. The zero-order chi connectivity index (χ0) is 21.7. The number of aromatic carboxylic acids is 1. The zero-order valence-electron chi connectivity index (χ0n) is 16.3. The van der Waals surface area contributed by atoms with Gasteiger partial charge in [0, 0.05) is 12.7 Å². The summed E-state index contributed by atoms with van der Waals surface area (Å²) >= 11 is 0. The number of aryl methyl sites for hydroxylation is 1. The molecule has 7 heteroatoms. The molecule has 0 spiro atoms. The minimum Gasteiger partial charge on any atom is -0.478 e. The molecule has 3 aromatic rings. The molecule has 0 fully saturated rings. The molecule has 0 radical (unpaired) electrons. The number of para-hydroxylation sites is 1. The summed E-state index contributed by atoms with van der Waals surface area (Å²) in [6.07, 6.45) is 1.87. The van der Waals surface area contributed by atoms with Crippen molar-refractivity contribution in [2.45, 2.75) is 17.7 Å². The Morgan fingerprint density at radius 1 is 0.900 bits per heavy atom. The fourth-order valence-corrected chi connectivity index (χ4v) is 3.69. The molecule has 0 unspecified atom stereocenters. The lowest BCUT2D eigenvalue weighted by Crippen LogP contribution is -2.15. The highest BCUT2D eigenvalue weighted by atomic mass is 32.2. The molecular formula is C23H21NO5S. The number of sulfone groups is 1. The number of carboxylic acids is 1. The van der Waals surface area contributed by atoms with Crippen LogP contribution in [0.25, 0.3) is 11.1 Å². The Kier molecular flexibility index (Phi) is 6.32. The minimum atomic E-state index is -3.28. The molecule has 0 bridgehead atoms. The first-order valence-corrected chi connectivity index (χ1v) is 11.1. The summed E-state index contributed by atoms with van der Waals surface area (Å²) in [5.74, 6) is -1.37. The van der Waals surface area contributed by atoms with E-state index in [-0.39, 0.29) is 28.5 Å². The second-order valence-corrected chi connectivity index (χ2v) is 8.91. The maximum atomic E-state index is 12.2. The molecule has 0 saturated carbocycles. The van der Waals surface area contributed by atoms with E-state index in [4.69, 9.17) is 0 Å². The summed E-state index contributed by atoms with van der Waals surface area (Å²) in [5, 5.41) is 11.8. The number of nitrogens with one attached hydrogen (secondary N) is 1. The van der Waals surface area contributed by atoms with E-state index in [0.717, 1.165) is 16.7 Å². The number of hydrogen-bond donors (Lipinski definition) is 2. The summed E-state index contributed by atoms with van der Waals surface area (Å²) in [7, 11) is -3.28. The van der Waals surface area contributed by atoms with Crippen molar-refractivity contribution in [2.75, 3.05) is 11.6 Å². The van der Waals surface area contributed by atoms with Gasteiger partial charge in [0.15, 0.2) is 9.84 Å². The van der Waals surface area contributed by atoms with Crippen LogP contribution in [0, 0.1) is 0 Å². The number of hydrogen-bond acceptors (Lipinski definition) is 4. The van der Waals surface area contributed by atoms with Crippen LogP contribution < -0.4 is 5.32 Å². The fraction of sp³-hybridized carbons (Fsp3) is 0.130. The van der Waals surface area contributed by atoms with E-state index in [1.807, 2.05) is 30.3 Å². The number of carbonyl (C=O) groups is 2. The van der Waals surface area contributed by atoms with Gasteiger partial charge >= 0.3 is 5.97 Å². The molecule has 154 valence electrons. The molecule has 2 N–H and O–H groups in total. The van der Waals surface area contributed by atoms with Crippen molar-refractivity contribution >= 4 is 27.4 Å². The average Bonchev–Trinajstić information content (AvgIpc) is 2.72. The van der Waals surface area contributed by atoms with Gasteiger partial charge < -0.3 is 10.4 Å². The van der Waals surface area contributed by atoms with E-state index in [1.54, 1.807) is 36.4 Å². The first-order valence-electron chi connectivity index (χ1n) is 9.25. The van der Waals surface area contributed by atoms with Crippen LogP contribution in [0.2, 0.25) is 0 Å². The summed E-state index contributed by atoms with van der Waals surface area (Å²) in [5.41, 5.74) is 2.94. The highest BCUT2D eigenvalue weighted by Gasteiger charge is 2.12. The molecule has 0 atom stereocenters. The molecule has 0 aliphatic rings. The van der Waals surface area contributed by atoms with Crippen LogP contribution in [0.4, 0.5) is 5.69 Å². The second kappa shape index (κ2) is 8.92. The van der Waals surface area contributed by atoms with Gasteiger partial charge in [-0.3, -0.25) is 4.79 Å². The van der Waals surface area contributed by atoms with Crippen LogP contribution in [0.15, 0.2) is 77.7 Å². The molecule has 0 aromatic heterocycles. The molecule has 0 aliphatic heterocycles. The number of benzene rings is 3. The number of amides is 1. The first kappa shape index (κ1) is 21.3. The van der Waals surface area contributed by atoms with Crippen molar-refractivity contribution in [1.29, 1.82) is 0 Å². The highest BCUT2D eigenvalue weighted by Crippen LogP contribution is 2.23. The Morgan fingerprint density at radius 2 is 1.60 bits per heavy atom. The third-order valence-electron chi connectivity index (χ3n) is 4.62. The Balaban J connectivity index is 1.64. The minimum absolute atomic E-state index is 0.0477. The van der Waals surface area contributed by atoms with Crippen molar-refractivity contribution in [3.05, 3.63) is 83.9 Å². The van der Waals surface area contributed by atoms with E-state index >= 15 is 0 Å². The molecule has 1 amide bonds. The van der Waals surface area contributed by atoms with E-state index in [1.165, 1.54) is 12.3 Å². The summed E-state index contributed by atoms with van der Waals surface area (Å²) < 4.78 is 23.5. The lowest BCUT2D eigenvalue weighted by Gasteiger charge is -2.09. The fourth-order valence-electron chi connectivity index (χ4n) is 3.02. The second-order valence-electron chi connectivity index (χ2n) is 6.90. The average molecular weight is 423 g/mol. The van der Waals surface area contributed by atoms with E-state index in [0.29, 0.717) is 6.42 Å². The van der Waals surface area contributed by atoms with Crippen LogP contribution in [0.3, 0.4) is 0 Å². The normalized spacial score (nSPS) is 11.1. The largest absolute Gasteiger partial charge is 0.478 e. The SMILES string of the molecule is CS(=O)(=O)c1cccc(-c2ccc(CCC(=O)Nc3ccccc3C(=O)O)cc2)c1. The van der Waals surface area contributed by atoms with E-state index in [2.05, 4.69) is 5.32 Å². The van der Waals surface area contributed by atoms with Gasteiger partial charge in [-0.05, 0) is 47.4 Å². The van der Waals surface area contributed by atoms with Gasteiger partial charge in [-0.15, -0.1) is 0 Å². The van der Waals surface area contributed by atoms with Crippen molar-refractivity contribution in [3.8, 4) is 11.1 Å². The van der Waals surface area contributed by atoms with Crippen molar-refractivity contribution in [3.63, 3.8) is 0 Å². The van der Waals surface area contributed by atoms with Gasteiger partial charge in [0.1, 0.15) is 0 Å². The molecule has 30 heavy (non-hydrogen) atoms. The molecular weight excluding hydrogens is 402 g/mol. The zero-order valence-corrected chi connectivity index (χ0v) is 17.1. The predicted molar refractivity (Wildman–Crippen MR) is 115 cm³/mol. The molecule has 3 rings (SSSR count). The third-order valence-corrected chi connectivity index (χ3v) is 5.73. The third kappa shape index (κ3) is 5.33. The smallest absolute Gasteiger partial charge is 0.337 e. The molecule has 0 heterocycles. The van der Waals surface area contributed by atoms with Crippen molar-refractivity contribution < 1.29 is 23.1 Å². The van der Waals surface area contributed by atoms with Gasteiger partial charge in [0.05, 0.1) is 16.1 Å². The lowest BCUT2D eigenvalue weighted by molar-refractivity contribution is -0.116. The highest BCUT2D eigenvalue weighted by molar-refractivity contribution is 7.90. The first-order chi connectivity index (χ1) is 14.2. The monoisotopic (exact) mass is 423 g/mol. The molecule has 0 aliphatic carbocycles. The predicted octanol–water partition coefficient (Wildman–Crippen LogP) is 4.03. The number of carboxylic acid groups (broad SMARTS) is 1.